The summed E-state index contributed by atoms with van der Waals surface area (Å²) in [4.78, 5) is 0.00106. The van der Waals surface area contributed by atoms with Gasteiger partial charge in [0, 0.05) is 23.2 Å². The predicted molar refractivity (Wildman–Crippen MR) is 134 cm³/mol. The summed E-state index contributed by atoms with van der Waals surface area (Å²) in [6.07, 6.45) is -1.98. The number of hydrogen-bond acceptors (Lipinski definition) is 4. The first-order valence-corrected chi connectivity index (χ1v) is 13.2. The number of fused-ring (bicyclic) bond motifs is 1. The Kier molecular flexibility index (Phi) is 8.29. The molecule has 1 heterocycles. The summed E-state index contributed by atoms with van der Waals surface area (Å²) in [5, 5.41) is 4.11. The number of benzene rings is 3. The van der Waals surface area contributed by atoms with Crippen molar-refractivity contribution < 1.29 is 35.1 Å². The quantitative estimate of drug-likeness (QED) is 0.170. The predicted octanol–water partition coefficient (Wildman–Crippen LogP) is 6.28. The molecule has 0 atom stereocenters. The van der Waals surface area contributed by atoms with Crippen molar-refractivity contribution in [1.82, 2.24) is 9.29 Å². The molecule has 0 spiro atoms. The number of nitrogens with one attached hydrogen (secondary N) is 1. The van der Waals surface area contributed by atoms with Crippen molar-refractivity contribution >= 4 is 32.5 Å². The van der Waals surface area contributed by atoms with Crippen molar-refractivity contribution in [3.8, 4) is 5.75 Å². The smallest absolute Gasteiger partial charge is 0.340 e. The molecule has 0 fully saturated rings. The van der Waals surface area contributed by atoms with E-state index in [0.717, 1.165) is 10.0 Å². The SMILES string of the molecule is O=S(=O)(c1ccc(Cl)cc1)n1cc(CCNCc2cccc(OCC(F)(F)C(F)F)c2)c2ccc(F)cc21. The topological polar surface area (TPSA) is 60.3 Å². The summed E-state index contributed by atoms with van der Waals surface area (Å²) in [7, 11) is -4.02. The van der Waals surface area contributed by atoms with Gasteiger partial charge in [-0.2, -0.15) is 8.78 Å². The third kappa shape index (κ3) is 6.28. The summed E-state index contributed by atoms with van der Waals surface area (Å²) >= 11 is 5.87. The lowest BCUT2D eigenvalue weighted by Gasteiger charge is -2.16. The van der Waals surface area contributed by atoms with Crippen LogP contribution >= 0.6 is 11.6 Å². The average Bonchev–Trinajstić information content (AvgIpc) is 3.24. The Hall–Kier alpha value is -3.15. The Labute approximate surface area is 220 Å². The number of alkyl halides is 4. The molecule has 12 heteroatoms. The fourth-order valence-electron chi connectivity index (χ4n) is 3.80. The fourth-order valence-corrected chi connectivity index (χ4v) is 5.31. The molecular weight excluding hydrogens is 551 g/mol. The van der Waals surface area contributed by atoms with Crippen molar-refractivity contribution in [2.45, 2.75) is 30.2 Å². The van der Waals surface area contributed by atoms with Gasteiger partial charge in [0.1, 0.15) is 11.6 Å². The van der Waals surface area contributed by atoms with Gasteiger partial charge in [-0.05, 0) is 78.7 Å². The maximum atomic E-state index is 14.0. The zero-order valence-corrected chi connectivity index (χ0v) is 21.3. The normalized spacial score (nSPS) is 12.4. The molecule has 0 unspecified atom stereocenters. The molecule has 3 aromatic carbocycles. The first-order chi connectivity index (χ1) is 18.0. The highest BCUT2D eigenvalue weighted by Gasteiger charge is 2.41. The van der Waals surface area contributed by atoms with Crippen LogP contribution in [0.4, 0.5) is 22.0 Å². The van der Waals surface area contributed by atoms with Crippen LogP contribution in [0.5, 0.6) is 5.75 Å². The van der Waals surface area contributed by atoms with E-state index in [1.165, 1.54) is 54.7 Å². The van der Waals surface area contributed by atoms with Gasteiger partial charge in [-0.25, -0.2) is 25.6 Å². The van der Waals surface area contributed by atoms with Gasteiger partial charge >= 0.3 is 12.3 Å². The second-order valence-corrected chi connectivity index (χ2v) is 10.7. The molecule has 0 radical (unpaired) electrons. The summed E-state index contributed by atoms with van der Waals surface area (Å²) in [6, 6.07) is 15.7. The van der Waals surface area contributed by atoms with Crippen molar-refractivity contribution in [3.05, 3.63) is 94.9 Å². The van der Waals surface area contributed by atoms with Gasteiger partial charge in [0.25, 0.3) is 10.0 Å². The van der Waals surface area contributed by atoms with Crippen LogP contribution in [0.25, 0.3) is 10.9 Å². The summed E-state index contributed by atoms with van der Waals surface area (Å²) < 4.78 is 97.3. The van der Waals surface area contributed by atoms with Crippen LogP contribution in [0.15, 0.2) is 77.8 Å². The Morgan fingerprint density at radius 1 is 1.03 bits per heavy atom. The van der Waals surface area contributed by atoms with Crippen LogP contribution < -0.4 is 10.1 Å². The van der Waals surface area contributed by atoms with Crippen molar-refractivity contribution in [2.24, 2.45) is 0 Å². The lowest BCUT2D eigenvalue weighted by Crippen LogP contribution is -2.33. The zero-order chi connectivity index (χ0) is 27.5. The van der Waals surface area contributed by atoms with Gasteiger partial charge < -0.3 is 10.1 Å². The molecule has 38 heavy (non-hydrogen) atoms. The monoisotopic (exact) mass is 572 g/mol. The van der Waals surface area contributed by atoms with E-state index in [4.69, 9.17) is 16.3 Å². The van der Waals surface area contributed by atoms with E-state index < -0.39 is 34.8 Å². The maximum Gasteiger partial charge on any atom is 0.340 e. The second kappa shape index (κ2) is 11.3. The minimum Gasteiger partial charge on any atom is -0.487 e. The summed E-state index contributed by atoms with van der Waals surface area (Å²) in [6.45, 7) is -0.740. The van der Waals surface area contributed by atoms with Gasteiger partial charge in [-0.1, -0.05) is 23.7 Å². The van der Waals surface area contributed by atoms with Crippen LogP contribution in [0.1, 0.15) is 11.1 Å². The van der Waals surface area contributed by atoms with E-state index in [0.29, 0.717) is 41.0 Å². The van der Waals surface area contributed by atoms with Gasteiger partial charge in [0.2, 0.25) is 0 Å². The Bertz CT molecular complexity index is 1530. The number of halogens is 6. The summed E-state index contributed by atoms with van der Waals surface area (Å²) in [5.41, 5.74) is 1.52. The van der Waals surface area contributed by atoms with Crippen molar-refractivity contribution in [1.29, 1.82) is 0 Å². The molecule has 4 rings (SSSR count). The van der Waals surface area contributed by atoms with Crippen molar-refractivity contribution in [3.63, 3.8) is 0 Å². The number of hydrogen-bond donors (Lipinski definition) is 1. The van der Waals surface area contributed by atoms with Gasteiger partial charge in [-0.15, -0.1) is 0 Å². The molecule has 4 aromatic rings. The van der Waals surface area contributed by atoms with E-state index >= 15 is 0 Å². The molecule has 0 aliphatic heterocycles. The van der Waals surface area contributed by atoms with Crippen LogP contribution in [-0.2, 0) is 23.0 Å². The molecule has 5 nitrogen and oxygen atoms in total. The van der Waals surface area contributed by atoms with Gasteiger partial charge in [-0.3, -0.25) is 0 Å². The van der Waals surface area contributed by atoms with Crippen LogP contribution in [0.3, 0.4) is 0 Å². The minimum atomic E-state index is -4.25. The van der Waals surface area contributed by atoms with E-state index in [9.17, 15) is 30.4 Å². The molecule has 1 aromatic heterocycles. The molecule has 0 bridgehead atoms. The largest absolute Gasteiger partial charge is 0.487 e. The Morgan fingerprint density at radius 2 is 1.76 bits per heavy atom. The molecule has 0 amide bonds. The molecular formula is C26H22ClF5N2O3S. The lowest BCUT2D eigenvalue weighted by molar-refractivity contribution is -0.148. The Balaban J connectivity index is 1.45. The first-order valence-electron chi connectivity index (χ1n) is 11.4. The third-order valence-corrected chi connectivity index (χ3v) is 7.68. The third-order valence-electron chi connectivity index (χ3n) is 5.74. The van der Waals surface area contributed by atoms with E-state index in [-0.39, 0.29) is 16.2 Å². The molecule has 202 valence electrons. The lowest BCUT2D eigenvalue weighted by atomic mass is 10.1. The van der Waals surface area contributed by atoms with E-state index in [1.54, 1.807) is 12.1 Å². The number of rotatable bonds is 11. The molecule has 0 aliphatic carbocycles. The van der Waals surface area contributed by atoms with E-state index in [1.807, 2.05) is 0 Å². The number of ether oxygens (including phenoxy) is 1. The molecule has 1 N–H and O–H groups in total. The minimum absolute atomic E-state index is 0.00106. The highest BCUT2D eigenvalue weighted by Crippen LogP contribution is 2.28. The Morgan fingerprint density at radius 3 is 2.47 bits per heavy atom. The number of aromatic nitrogens is 1. The summed E-state index contributed by atoms with van der Waals surface area (Å²) in [5.74, 6) is -4.81. The van der Waals surface area contributed by atoms with E-state index in [2.05, 4.69) is 5.32 Å². The van der Waals surface area contributed by atoms with Crippen LogP contribution in [0, 0.1) is 5.82 Å². The highest BCUT2D eigenvalue weighted by atomic mass is 35.5. The molecule has 0 saturated heterocycles. The van der Waals surface area contributed by atoms with Gasteiger partial charge in [0.15, 0.2) is 6.61 Å². The standard InChI is InChI=1S/C26H22ClF5N2O3S/c27-19-4-7-22(8-5-19)38(35,36)34-15-18(23-9-6-20(28)13-24(23)34)10-11-33-14-17-2-1-3-21(12-17)37-16-26(31,32)25(29)30/h1-9,12-13,15,25,33H,10-11,14,16H2. The maximum absolute atomic E-state index is 14.0. The zero-order valence-electron chi connectivity index (χ0n) is 19.7. The van der Waals surface area contributed by atoms with Crippen LogP contribution in [0.2, 0.25) is 5.02 Å². The average molecular weight is 573 g/mol. The second-order valence-electron chi connectivity index (χ2n) is 8.50. The molecule has 0 aliphatic rings. The van der Waals surface area contributed by atoms with Gasteiger partial charge in [0.05, 0.1) is 10.4 Å². The first kappa shape index (κ1) is 27.9. The van der Waals surface area contributed by atoms with Crippen molar-refractivity contribution in [2.75, 3.05) is 13.2 Å². The fraction of sp³-hybridized carbons (Fsp3) is 0.231. The highest BCUT2D eigenvalue weighted by molar-refractivity contribution is 7.90. The van der Waals surface area contributed by atoms with Crippen LogP contribution in [-0.4, -0.2) is 37.9 Å². The number of nitrogens with zero attached hydrogens (tertiary/aromatic N) is 1. The molecule has 0 saturated carbocycles.